The van der Waals surface area contributed by atoms with Gasteiger partial charge in [-0.05, 0) is 29.8 Å². The molecule has 0 unspecified atom stereocenters. The number of carbonyl (C=O) groups excluding carboxylic acids is 1. The first-order valence-corrected chi connectivity index (χ1v) is 10.6. The number of methoxy groups -OCH3 is 1. The van der Waals surface area contributed by atoms with Gasteiger partial charge in [0.05, 0.1) is 28.1 Å². The monoisotopic (exact) mass is 410 g/mol. The highest BCUT2D eigenvalue weighted by Gasteiger charge is 2.14. The lowest BCUT2D eigenvalue weighted by Crippen LogP contribution is -2.14. The summed E-state index contributed by atoms with van der Waals surface area (Å²) in [6, 6.07) is 9.65. The number of anilines is 1. The van der Waals surface area contributed by atoms with Gasteiger partial charge in [0.2, 0.25) is 5.91 Å². The number of sulfone groups is 1. The summed E-state index contributed by atoms with van der Waals surface area (Å²) in [6.07, 6.45) is 1.24. The van der Waals surface area contributed by atoms with Gasteiger partial charge in [-0.3, -0.25) is 4.79 Å². The number of carbonyl (C=O) groups is 1. The Morgan fingerprint density at radius 1 is 1.23 bits per heavy atom. The van der Waals surface area contributed by atoms with Gasteiger partial charge < -0.3 is 10.1 Å². The molecule has 0 aliphatic rings. The van der Waals surface area contributed by atoms with Crippen molar-refractivity contribution in [3.63, 3.8) is 0 Å². The third-order valence-corrected chi connectivity index (χ3v) is 6.20. The van der Waals surface area contributed by atoms with Crippen molar-refractivity contribution in [2.45, 2.75) is 11.3 Å². The molecule has 1 aromatic heterocycles. The minimum Gasteiger partial charge on any atom is -0.494 e. The van der Waals surface area contributed by atoms with E-state index in [4.69, 9.17) is 16.3 Å². The fourth-order valence-electron chi connectivity index (χ4n) is 2.37. The molecule has 3 aromatic rings. The SMILES string of the molecule is COc1ccc(Cl)c2sc(NC(=O)Cc3ccc(S(C)(=O)=O)cc3)nc12. The van der Waals surface area contributed by atoms with Crippen LogP contribution >= 0.6 is 22.9 Å². The second kappa shape index (κ2) is 7.22. The highest BCUT2D eigenvalue weighted by molar-refractivity contribution is 7.90. The van der Waals surface area contributed by atoms with Crippen LogP contribution in [0.4, 0.5) is 5.13 Å². The maximum absolute atomic E-state index is 12.3. The van der Waals surface area contributed by atoms with Gasteiger partial charge in [-0.15, -0.1) is 0 Å². The van der Waals surface area contributed by atoms with Crippen LogP contribution in [-0.2, 0) is 21.1 Å². The molecule has 3 rings (SSSR count). The van der Waals surface area contributed by atoms with Gasteiger partial charge in [-0.2, -0.15) is 0 Å². The van der Waals surface area contributed by atoms with E-state index in [1.165, 1.54) is 23.5 Å². The maximum Gasteiger partial charge on any atom is 0.230 e. The average molecular weight is 411 g/mol. The smallest absolute Gasteiger partial charge is 0.230 e. The van der Waals surface area contributed by atoms with Crippen molar-refractivity contribution >= 4 is 54.0 Å². The predicted molar refractivity (Wildman–Crippen MR) is 103 cm³/mol. The Labute approximate surface area is 159 Å². The molecule has 0 bridgehead atoms. The molecule has 136 valence electrons. The summed E-state index contributed by atoms with van der Waals surface area (Å²) in [5.41, 5.74) is 1.30. The lowest BCUT2D eigenvalue weighted by molar-refractivity contribution is -0.115. The van der Waals surface area contributed by atoms with Crippen LogP contribution in [-0.4, -0.2) is 32.7 Å². The van der Waals surface area contributed by atoms with E-state index < -0.39 is 9.84 Å². The number of nitrogens with one attached hydrogen (secondary N) is 1. The molecule has 0 aliphatic carbocycles. The second-order valence-electron chi connectivity index (χ2n) is 5.59. The highest BCUT2D eigenvalue weighted by Crippen LogP contribution is 2.37. The number of aromatic nitrogens is 1. The predicted octanol–water partition coefficient (Wildman–Crippen LogP) is 3.54. The molecule has 0 radical (unpaired) electrons. The topological polar surface area (TPSA) is 85.4 Å². The van der Waals surface area contributed by atoms with Gasteiger partial charge in [-0.25, -0.2) is 13.4 Å². The van der Waals surface area contributed by atoms with Crippen molar-refractivity contribution in [1.29, 1.82) is 0 Å². The van der Waals surface area contributed by atoms with Gasteiger partial charge >= 0.3 is 0 Å². The number of hydrogen-bond donors (Lipinski definition) is 1. The molecule has 26 heavy (non-hydrogen) atoms. The number of amides is 1. The molecule has 0 atom stereocenters. The van der Waals surface area contributed by atoms with Crippen LogP contribution in [0.25, 0.3) is 10.2 Å². The number of benzene rings is 2. The molecule has 0 spiro atoms. The van der Waals surface area contributed by atoms with E-state index in [-0.39, 0.29) is 17.2 Å². The summed E-state index contributed by atoms with van der Waals surface area (Å²) >= 11 is 7.43. The van der Waals surface area contributed by atoms with E-state index in [9.17, 15) is 13.2 Å². The Morgan fingerprint density at radius 3 is 2.54 bits per heavy atom. The summed E-state index contributed by atoms with van der Waals surface area (Å²) in [7, 11) is -1.71. The summed E-state index contributed by atoms with van der Waals surface area (Å²) in [6.45, 7) is 0. The molecule has 0 fully saturated rings. The van der Waals surface area contributed by atoms with Crippen LogP contribution in [0.1, 0.15) is 5.56 Å². The molecule has 6 nitrogen and oxygen atoms in total. The molecular weight excluding hydrogens is 396 g/mol. The molecule has 9 heteroatoms. The van der Waals surface area contributed by atoms with Gasteiger partial charge in [0.25, 0.3) is 0 Å². The fraction of sp³-hybridized carbons (Fsp3) is 0.176. The van der Waals surface area contributed by atoms with Crippen molar-refractivity contribution in [3.8, 4) is 5.75 Å². The van der Waals surface area contributed by atoms with E-state index >= 15 is 0 Å². The summed E-state index contributed by atoms with van der Waals surface area (Å²) in [5.74, 6) is 0.323. The first kappa shape index (κ1) is 18.6. The van der Waals surface area contributed by atoms with E-state index in [1.807, 2.05) is 0 Å². The zero-order valence-corrected chi connectivity index (χ0v) is 16.3. The molecule has 0 saturated carbocycles. The van der Waals surface area contributed by atoms with Crippen molar-refractivity contribution in [2.75, 3.05) is 18.7 Å². The Kier molecular flexibility index (Phi) is 5.17. The van der Waals surface area contributed by atoms with E-state index in [0.29, 0.717) is 27.0 Å². The summed E-state index contributed by atoms with van der Waals surface area (Å²) in [5, 5.41) is 3.70. The molecular formula is C17H15ClN2O4S2. The summed E-state index contributed by atoms with van der Waals surface area (Å²) in [4.78, 5) is 16.8. The molecule has 1 N–H and O–H groups in total. The Morgan fingerprint density at radius 2 is 1.92 bits per heavy atom. The molecule has 0 aliphatic heterocycles. The van der Waals surface area contributed by atoms with Crippen molar-refractivity contribution < 1.29 is 17.9 Å². The van der Waals surface area contributed by atoms with E-state index in [1.54, 1.807) is 31.4 Å². The molecule has 1 amide bonds. The first-order chi connectivity index (χ1) is 12.3. The normalized spacial score (nSPS) is 11.5. The summed E-state index contributed by atoms with van der Waals surface area (Å²) < 4.78 is 28.9. The number of fused-ring (bicyclic) bond motifs is 1. The number of nitrogens with zero attached hydrogens (tertiary/aromatic N) is 1. The van der Waals surface area contributed by atoms with Gasteiger partial charge in [0, 0.05) is 6.26 Å². The van der Waals surface area contributed by atoms with E-state index in [2.05, 4.69) is 10.3 Å². The first-order valence-electron chi connectivity index (χ1n) is 7.50. The lowest BCUT2D eigenvalue weighted by atomic mass is 10.1. The highest BCUT2D eigenvalue weighted by atomic mass is 35.5. The minimum absolute atomic E-state index is 0.102. The van der Waals surface area contributed by atoms with Crippen molar-refractivity contribution in [1.82, 2.24) is 4.98 Å². The minimum atomic E-state index is -3.26. The van der Waals surface area contributed by atoms with Gasteiger partial charge in [0.15, 0.2) is 15.0 Å². The van der Waals surface area contributed by atoms with Gasteiger partial charge in [0.1, 0.15) is 11.3 Å². The van der Waals surface area contributed by atoms with Crippen LogP contribution in [0.5, 0.6) is 5.75 Å². The van der Waals surface area contributed by atoms with Crippen LogP contribution < -0.4 is 10.1 Å². The maximum atomic E-state index is 12.3. The number of rotatable bonds is 5. The third kappa shape index (κ3) is 3.98. The van der Waals surface area contributed by atoms with Gasteiger partial charge in [-0.1, -0.05) is 35.1 Å². The largest absolute Gasteiger partial charge is 0.494 e. The third-order valence-electron chi connectivity index (χ3n) is 3.64. The van der Waals surface area contributed by atoms with Crippen LogP contribution in [0, 0.1) is 0 Å². The number of hydrogen-bond acceptors (Lipinski definition) is 6. The average Bonchev–Trinajstić information content (AvgIpc) is 2.99. The zero-order chi connectivity index (χ0) is 18.9. The lowest BCUT2D eigenvalue weighted by Gasteiger charge is -2.03. The van der Waals surface area contributed by atoms with Crippen LogP contribution in [0.3, 0.4) is 0 Å². The zero-order valence-electron chi connectivity index (χ0n) is 13.9. The standard InChI is InChI=1S/C17H15ClN2O4S2/c1-24-13-8-7-12(18)16-15(13)20-17(25-16)19-14(21)9-10-3-5-11(6-4-10)26(2,22)23/h3-8H,9H2,1-2H3,(H,19,20,21). The second-order valence-corrected chi connectivity index (χ2v) is 9.01. The quantitative estimate of drug-likeness (QED) is 0.695. The Hall–Kier alpha value is -2.16. The van der Waals surface area contributed by atoms with Crippen LogP contribution in [0.15, 0.2) is 41.3 Å². The fourth-order valence-corrected chi connectivity index (χ4v) is 4.18. The van der Waals surface area contributed by atoms with E-state index in [0.717, 1.165) is 11.0 Å². The Bertz CT molecular complexity index is 1080. The number of ether oxygens (including phenoxy) is 1. The Balaban J connectivity index is 1.76. The number of halogens is 1. The van der Waals surface area contributed by atoms with Crippen LogP contribution in [0.2, 0.25) is 5.02 Å². The molecule has 0 saturated heterocycles. The molecule has 1 heterocycles. The number of thiazole rings is 1. The van der Waals surface area contributed by atoms with Crippen molar-refractivity contribution in [3.05, 3.63) is 47.0 Å². The molecule has 2 aromatic carbocycles. The van der Waals surface area contributed by atoms with Crippen molar-refractivity contribution in [2.24, 2.45) is 0 Å².